The monoisotopic (exact) mass is 660 g/mol. The van der Waals surface area contributed by atoms with E-state index in [4.69, 9.17) is 16.9 Å². The van der Waals surface area contributed by atoms with Gasteiger partial charge in [0.1, 0.15) is 18.1 Å². The van der Waals surface area contributed by atoms with E-state index in [9.17, 15) is 24.3 Å². The van der Waals surface area contributed by atoms with E-state index in [2.05, 4.69) is 38.9 Å². The lowest BCUT2D eigenvalue weighted by Gasteiger charge is -2.25. The molecule has 1 aromatic heterocycles. The Morgan fingerprint density at radius 1 is 0.851 bits per heavy atom. The Hall–Kier alpha value is -5.08. The number of aromatic nitrogens is 1. The summed E-state index contributed by atoms with van der Waals surface area (Å²) in [6.07, 6.45) is 2.47. The molecule has 0 unspecified atom stereocenters. The molecule has 0 bridgehead atoms. The Balaban J connectivity index is 1.52. The topological polar surface area (TPSA) is 228 Å². The number of aromatic amines is 1. The van der Waals surface area contributed by atoms with Gasteiger partial charge in [0.15, 0.2) is 5.96 Å². The van der Waals surface area contributed by atoms with E-state index < -0.39 is 47.9 Å². The molecule has 4 atom stereocenters. The predicted octanol–water partition coefficient (Wildman–Crippen LogP) is 1.17. The van der Waals surface area contributed by atoms with Crippen LogP contribution in [0.2, 0.25) is 0 Å². The number of nitrogens with two attached hydrogens (primary N) is 2. The SMILES string of the molecule is N=C(N)NCCC[C@H](NC(=O)[C@@H](N)Cc1ccc2ccccc2c1)C(=O)N[C@@H](Cc1c[nH]c2ccccc12)C(=O)N[C@@H](CS)C(=O)O. The third-order valence-electron chi connectivity index (χ3n) is 7.75. The minimum atomic E-state index is -1.28. The number of aliphatic carboxylic acids is 1. The van der Waals surface area contributed by atoms with Crippen molar-refractivity contribution in [3.63, 3.8) is 0 Å². The number of fused-ring (bicyclic) bond motifs is 2. The fraction of sp³-hybridized carbons (Fsp3) is 0.303. The van der Waals surface area contributed by atoms with Crippen molar-refractivity contribution in [3.8, 4) is 0 Å². The third-order valence-corrected chi connectivity index (χ3v) is 8.12. The van der Waals surface area contributed by atoms with Crippen LogP contribution in [-0.2, 0) is 32.0 Å². The standard InChI is InChI=1S/C33H40N8O5S/c34-24(15-19-11-12-20-6-1-2-7-21(20)14-19)29(42)39-26(10-5-13-37-33(35)36)30(43)40-27(31(44)41-28(18-47)32(45)46)16-22-17-38-25-9-4-3-8-23(22)25/h1-4,6-9,11-12,14,17,24,26-28,38,47H,5,10,13,15-16,18,34H2,(H,39,42)(H,40,43)(H,41,44)(H,45,46)(H4,35,36,37)/t24-,26-,27-,28-/m0/s1. The average molecular weight is 661 g/mol. The molecule has 248 valence electrons. The molecule has 0 radical (unpaired) electrons. The van der Waals surface area contributed by atoms with Gasteiger partial charge in [0, 0.05) is 35.8 Å². The highest BCUT2D eigenvalue weighted by Gasteiger charge is 2.30. The number of benzene rings is 3. The smallest absolute Gasteiger partial charge is 0.327 e. The fourth-order valence-electron chi connectivity index (χ4n) is 5.25. The van der Waals surface area contributed by atoms with Crippen molar-refractivity contribution in [1.82, 2.24) is 26.3 Å². The number of para-hydroxylation sites is 1. The molecule has 0 spiro atoms. The molecule has 0 aliphatic carbocycles. The van der Waals surface area contributed by atoms with Gasteiger partial charge in [0.25, 0.3) is 0 Å². The fourth-order valence-corrected chi connectivity index (χ4v) is 5.50. The van der Waals surface area contributed by atoms with Gasteiger partial charge in [-0.3, -0.25) is 19.8 Å². The molecule has 4 aromatic rings. The lowest BCUT2D eigenvalue weighted by Crippen LogP contribution is -2.58. The zero-order valence-corrected chi connectivity index (χ0v) is 26.6. The Labute approximate surface area is 277 Å². The van der Waals surface area contributed by atoms with Gasteiger partial charge >= 0.3 is 5.97 Å². The Kier molecular flexibility index (Phi) is 12.2. The first-order valence-corrected chi connectivity index (χ1v) is 15.8. The van der Waals surface area contributed by atoms with Crippen LogP contribution in [0.3, 0.4) is 0 Å². The highest BCUT2D eigenvalue weighted by Crippen LogP contribution is 2.20. The first kappa shape index (κ1) is 34.8. The van der Waals surface area contributed by atoms with Gasteiger partial charge in [0.05, 0.1) is 6.04 Å². The number of carboxylic acids is 1. The molecular weight excluding hydrogens is 620 g/mol. The second-order valence-corrected chi connectivity index (χ2v) is 11.6. The van der Waals surface area contributed by atoms with E-state index in [1.807, 2.05) is 66.7 Å². The number of guanidine groups is 1. The molecule has 14 heteroatoms. The van der Waals surface area contributed by atoms with E-state index >= 15 is 0 Å². The van der Waals surface area contributed by atoms with Crippen LogP contribution >= 0.6 is 12.6 Å². The molecule has 11 N–H and O–H groups in total. The van der Waals surface area contributed by atoms with Crippen LogP contribution in [-0.4, -0.2) is 76.2 Å². The average Bonchev–Trinajstić information content (AvgIpc) is 3.46. The van der Waals surface area contributed by atoms with Crippen molar-refractivity contribution in [1.29, 1.82) is 5.41 Å². The summed E-state index contributed by atoms with van der Waals surface area (Å²) in [5.74, 6) is -3.60. The molecule has 1 heterocycles. The Bertz CT molecular complexity index is 1740. The maximum absolute atomic E-state index is 13.8. The molecule has 0 aliphatic heterocycles. The molecule has 0 aliphatic rings. The zero-order valence-electron chi connectivity index (χ0n) is 25.7. The number of nitrogens with one attached hydrogen (secondary N) is 6. The summed E-state index contributed by atoms with van der Waals surface area (Å²) in [4.78, 5) is 55.2. The Morgan fingerprint density at radius 3 is 2.23 bits per heavy atom. The Morgan fingerprint density at radius 2 is 1.51 bits per heavy atom. The molecule has 0 saturated heterocycles. The number of amides is 3. The summed E-state index contributed by atoms with van der Waals surface area (Å²) in [7, 11) is 0. The van der Waals surface area contributed by atoms with Crippen LogP contribution in [0.25, 0.3) is 21.7 Å². The first-order valence-electron chi connectivity index (χ1n) is 15.2. The normalized spacial score (nSPS) is 13.7. The summed E-state index contributed by atoms with van der Waals surface area (Å²) in [5, 5.41) is 30.4. The van der Waals surface area contributed by atoms with Gasteiger partial charge in [-0.05, 0) is 47.2 Å². The maximum atomic E-state index is 13.8. The zero-order chi connectivity index (χ0) is 33.9. The highest BCUT2D eigenvalue weighted by atomic mass is 32.1. The molecule has 0 saturated carbocycles. The summed E-state index contributed by atoms with van der Waals surface area (Å²) in [5.41, 5.74) is 14.1. The predicted molar refractivity (Wildman–Crippen MR) is 184 cm³/mol. The molecule has 3 aromatic carbocycles. The number of carbonyl (C=O) groups excluding carboxylic acids is 3. The molecule has 4 rings (SSSR count). The van der Waals surface area contributed by atoms with Gasteiger partial charge in [-0.2, -0.15) is 12.6 Å². The van der Waals surface area contributed by atoms with E-state index in [0.717, 1.165) is 32.8 Å². The van der Waals surface area contributed by atoms with Crippen molar-refractivity contribution < 1.29 is 24.3 Å². The quantitative estimate of drug-likeness (QED) is 0.0362. The summed E-state index contributed by atoms with van der Waals surface area (Å²) < 4.78 is 0. The molecule has 0 fully saturated rings. The number of carbonyl (C=O) groups is 4. The van der Waals surface area contributed by atoms with Crippen LogP contribution in [0.5, 0.6) is 0 Å². The van der Waals surface area contributed by atoms with Crippen molar-refractivity contribution in [2.24, 2.45) is 11.5 Å². The largest absolute Gasteiger partial charge is 0.480 e. The van der Waals surface area contributed by atoms with E-state index in [1.165, 1.54) is 0 Å². The van der Waals surface area contributed by atoms with Crippen LogP contribution in [0.15, 0.2) is 72.9 Å². The van der Waals surface area contributed by atoms with Crippen molar-refractivity contribution >= 4 is 64.0 Å². The van der Waals surface area contributed by atoms with Crippen LogP contribution in [0.1, 0.15) is 24.0 Å². The second-order valence-electron chi connectivity index (χ2n) is 11.2. The van der Waals surface area contributed by atoms with E-state index in [0.29, 0.717) is 6.42 Å². The number of hydrogen-bond acceptors (Lipinski definition) is 7. The number of H-pyrrole nitrogens is 1. The van der Waals surface area contributed by atoms with Gasteiger partial charge in [-0.1, -0.05) is 60.7 Å². The lowest BCUT2D eigenvalue weighted by molar-refractivity contribution is -0.141. The minimum Gasteiger partial charge on any atom is -0.480 e. The van der Waals surface area contributed by atoms with E-state index in [-0.39, 0.29) is 37.5 Å². The molecular formula is C33H40N8O5S. The lowest BCUT2D eigenvalue weighted by atomic mass is 10.0. The van der Waals surface area contributed by atoms with Gasteiger partial charge < -0.3 is 42.8 Å². The van der Waals surface area contributed by atoms with Crippen LogP contribution in [0.4, 0.5) is 0 Å². The van der Waals surface area contributed by atoms with Gasteiger partial charge in [-0.25, -0.2) is 4.79 Å². The van der Waals surface area contributed by atoms with Crippen molar-refractivity contribution in [2.45, 2.75) is 49.9 Å². The summed E-state index contributed by atoms with van der Waals surface area (Å²) >= 11 is 4.03. The number of thiol groups is 1. The summed E-state index contributed by atoms with van der Waals surface area (Å²) in [6, 6.07) is 16.5. The summed E-state index contributed by atoms with van der Waals surface area (Å²) in [6.45, 7) is 0.264. The van der Waals surface area contributed by atoms with E-state index in [1.54, 1.807) is 6.20 Å². The molecule has 13 nitrogen and oxygen atoms in total. The van der Waals surface area contributed by atoms with Crippen molar-refractivity contribution in [2.75, 3.05) is 12.3 Å². The van der Waals surface area contributed by atoms with Crippen LogP contribution in [0, 0.1) is 5.41 Å². The van der Waals surface area contributed by atoms with Crippen molar-refractivity contribution in [3.05, 3.63) is 84.1 Å². The number of rotatable bonds is 16. The number of hydrogen-bond donors (Lipinski definition) is 10. The highest BCUT2D eigenvalue weighted by molar-refractivity contribution is 7.80. The van der Waals surface area contributed by atoms with Gasteiger partial charge in [-0.15, -0.1) is 0 Å². The minimum absolute atomic E-state index is 0.0362. The third kappa shape index (κ3) is 9.70. The van der Waals surface area contributed by atoms with Crippen LogP contribution < -0.4 is 32.7 Å². The first-order chi connectivity index (χ1) is 22.5. The molecule has 3 amide bonds. The van der Waals surface area contributed by atoms with Gasteiger partial charge in [0.2, 0.25) is 17.7 Å². The molecule has 47 heavy (non-hydrogen) atoms. The second kappa shape index (κ2) is 16.5. The number of carboxylic acid groups (broad SMARTS) is 1. The maximum Gasteiger partial charge on any atom is 0.327 e.